The fourth-order valence-electron chi connectivity index (χ4n) is 2.77. The molecule has 0 saturated heterocycles. The predicted octanol–water partition coefficient (Wildman–Crippen LogP) is 3.02. The van der Waals surface area contributed by atoms with E-state index < -0.39 is 12.1 Å². The standard InChI is InChI=1S/C21H32N2O3/c1-4-5-6-10-13-19(25)23-20(16(2)3)21(26)22-18(15-24)14-17-11-8-7-9-12-17/h7-9,11-12,15-16,18,20H,4-6,10,13-14H2,1-3H3,(H,22,26)(H,23,25)/t18?,20-/m0/s1. The maximum absolute atomic E-state index is 12.6. The SMILES string of the molecule is CCCCCCC(=O)N[C@H](C(=O)NC(C=O)Cc1ccccc1)C(C)C. The third-order valence-corrected chi connectivity index (χ3v) is 4.31. The molecule has 0 spiro atoms. The average Bonchev–Trinajstić information content (AvgIpc) is 2.63. The molecule has 0 bridgehead atoms. The van der Waals surface area contributed by atoms with Crippen LogP contribution in [0.25, 0.3) is 0 Å². The smallest absolute Gasteiger partial charge is 0.243 e. The van der Waals surface area contributed by atoms with E-state index in [-0.39, 0.29) is 17.7 Å². The van der Waals surface area contributed by atoms with Crippen molar-refractivity contribution in [3.63, 3.8) is 0 Å². The maximum atomic E-state index is 12.6. The summed E-state index contributed by atoms with van der Waals surface area (Å²) in [4.78, 5) is 36.0. The lowest BCUT2D eigenvalue weighted by Crippen LogP contribution is -2.52. The first kappa shape index (κ1) is 21.9. The van der Waals surface area contributed by atoms with E-state index >= 15 is 0 Å². The molecule has 0 fully saturated rings. The average molecular weight is 360 g/mol. The molecule has 1 aromatic rings. The quantitative estimate of drug-likeness (QED) is 0.444. The van der Waals surface area contributed by atoms with Gasteiger partial charge in [0.05, 0.1) is 6.04 Å². The minimum atomic E-state index is -0.633. The molecule has 2 amide bonds. The first-order valence-corrected chi connectivity index (χ1v) is 9.56. The molecule has 5 heteroatoms. The van der Waals surface area contributed by atoms with Crippen molar-refractivity contribution in [1.82, 2.24) is 10.6 Å². The molecule has 2 atom stereocenters. The fourth-order valence-corrected chi connectivity index (χ4v) is 2.77. The van der Waals surface area contributed by atoms with Crippen LogP contribution in [0.15, 0.2) is 30.3 Å². The monoisotopic (exact) mass is 360 g/mol. The van der Waals surface area contributed by atoms with Crippen molar-refractivity contribution >= 4 is 18.1 Å². The molecule has 5 nitrogen and oxygen atoms in total. The van der Waals surface area contributed by atoms with Crippen molar-refractivity contribution in [2.24, 2.45) is 5.92 Å². The van der Waals surface area contributed by atoms with Gasteiger partial charge in [-0.15, -0.1) is 0 Å². The van der Waals surface area contributed by atoms with Crippen molar-refractivity contribution < 1.29 is 14.4 Å². The molecule has 144 valence electrons. The molecule has 0 aliphatic carbocycles. The number of nitrogens with one attached hydrogen (secondary N) is 2. The molecule has 1 aromatic carbocycles. The first-order valence-electron chi connectivity index (χ1n) is 9.56. The largest absolute Gasteiger partial charge is 0.344 e. The van der Waals surface area contributed by atoms with Crippen LogP contribution >= 0.6 is 0 Å². The van der Waals surface area contributed by atoms with Gasteiger partial charge in [-0.1, -0.05) is 70.4 Å². The van der Waals surface area contributed by atoms with Crippen LogP contribution in [-0.2, 0) is 20.8 Å². The number of carbonyl (C=O) groups excluding carboxylic acids is 3. The highest BCUT2D eigenvalue weighted by Gasteiger charge is 2.25. The van der Waals surface area contributed by atoms with Gasteiger partial charge in [0.2, 0.25) is 11.8 Å². The summed E-state index contributed by atoms with van der Waals surface area (Å²) in [6.45, 7) is 5.89. The molecule has 0 heterocycles. The fraction of sp³-hybridized carbons (Fsp3) is 0.571. The van der Waals surface area contributed by atoms with Crippen molar-refractivity contribution in [3.05, 3.63) is 35.9 Å². The Morgan fingerprint density at radius 3 is 2.31 bits per heavy atom. The third kappa shape index (κ3) is 8.28. The topological polar surface area (TPSA) is 75.3 Å². The van der Waals surface area contributed by atoms with Crippen LogP contribution in [-0.4, -0.2) is 30.2 Å². The van der Waals surface area contributed by atoms with E-state index in [9.17, 15) is 14.4 Å². The molecule has 0 radical (unpaired) electrons. The molecule has 0 saturated carbocycles. The van der Waals surface area contributed by atoms with Crippen LogP contribution in [0.5, 0.6) is 0 Å². The predicted molar refractivity (Wildman–Crippen MR) is 104 cm³/mol. The van der Waals surface area contributed by atoms with Gasteiger partial charge in [-0.05, 0) is 24.3 Å². The van der Waals surface area contributed by atoms with E-state index in [1.54, 1.807) is 0 Å². The van der Waals surface area contributed by atoms with Crippen LogP contribution in [0, 0.1) is 5.92 Å². The van der Waals surface area contributed by atoms with E-state index in [0.29, 0.717) is 12.8 Å². The van der Waals surface area contributed by atoms with E-state index in [0.717, 1.165) is 37.5 Å². The Balaban J connectivity index is 2.57. The molecule has 26 heavy (non-hydrogen) atoms. The van der Waals surface area contributed by atoms with Gasteiger partial charge < -0.3 is 15.4 Å². The summed E-state index contributed by atoms with van der Waals surface area (Å²) in [6, 6.07) is 8.30. The number of benzene rings is 1. The summed E-state index contributed by atoms with van der Waals surface area (Å²) in [5.74, 6) is -0.478. The highest BCUT2D eigenvalue weighted by molar-refractivity contribution is 5.89. The van der Waals surface area contributed by atoms with Gasteiger partial charge in [-0.25, -0.2) is 0 Å². The highest BCUT2D eigenvalue weighted by Crippen LogP contribution is 2.07. The minimum absolute atomic E-state index is 0.0568. The zero-order valence-corrected chi connectivity index (χ0v) is 16.2. The van der Waals surface area contributed by atoms with E-state index in [2.05, 4.69) is 17.6 Å². The van der Waals surface area contributed by atoms with Gasteiger partial charge in [0, 0.05) is 6.42 Å². The lowest BCUT2D eigenvalue weighted by Gasteiger charge is -2.23. The van der Waals surface area contributed by atoms with Crippen LogP contribution < -0.4 is 10.6 Å². The van der Waals surface area contributed by atoms with Gasteiger partial charge in [0.1, 0.15) is 12.3 Å². The second-order valence-electron chi connectivity index (χ2n) is 7.04. The summed E-state index contributed by atoms with van der Waals surface area (Å²) in [5.41, 5.74) is 0.978. The number of amides is 2. The first-order chi connectivity index (χ1) is 12.5. The summed E-state index contributed by atoms with van der Waals surface area (Å²) >= 11 is 0. The molecule has 0 aliphatic rings. The van der Waals surface area contributed by atoms with Gasteiger partial charge in [-0.2, -0.15) is 0 Å². The second-order valence-corrected chi connectivity index (χ2v) is 7.04. The van der Waals surface area contributed by atoms with Gasteiger partial charge in [0.25, 0.3) is 0 Å². The normalized spacial score (nSPS) is 13.1. The van der Waals surface area contributed by atoms with Crippen molar-refractivity contribution in [2.45, 2.75) is 71.4 Å². The number of rotatable bonds is 12. The third-order valence-electron chi connectivity index (χ3n) is 4.31. The van der Waals surface area contributed by atoms with Crippen LogP contribution in [0.2, 0.25) is 0 Å². The highest BCUT2D eigenvalue weighted by atomic mass is 16.2. The van der Waals surface area contributed by atoms with Gasteiger partial charge in [0.15, 0.2) is 0 Å². The lowest BCUT2D eigenvalue weighted by molar-refractivity contribution is -0.131. The van der Waals surface area contributed by atoms with E-state index in [1.807, 2.05) is 44.2 Å². The number of carbonyl (C=O) groups is 3. The Bertz CT molecular complexity index is 558. The molecule has 0 aromatic heterocycles. The summed E-state index contributed by atoms with van der Waals surface area (Å²) < 4.78 is 0. The molecule has 1 unspecified atom stereocenters. The Hall–Kier alpha value is -2.17. The number of hydrogen-bond donors (Lipinski definition) is 2. The summed E-state index contributed by atoms with van der Waals surface area (Å²) in [5, 5.41) is 5.58. The Labute approximate surface area is 156 Å². The second kappa shape index (κ2) is 12.2. The van der Waals surface area contributed by atoms with Gasteiger partial charge in [-0.3, -0.25) is 9.59 Å². The number of hydrogen-bond acceptors (Lipinski definition) is 3. The van der Waals surface area contributed by atoms with Crippen LogP contribution in [0.3, 0.4) is 0 Å². The summed E-state index contributed by atoms with van der Waals surface area (Å²) in [7, 11) is 0. The van der Waals surface area contributed by atoms with Crippen LogP contribution in [0.4, 0.5) is 0 Å². The Morgan fingerprint density at radius 2 is 1.73 bits per heavy atom. The van der Waals surface area contributed by atoms with E-state index in [4.69, 9.17) is 0 Å². The molecule has 1 rings (SSSR count). The molecular weight excluding hydrogens is 328 g/mol. The molecule has 2 N–H and O–H groups in total. The minimum Gasteiger partial charge on any atom is -0.344 e. The maximum Gasteiger partial charge on any atom is 0.243 e. The van der Waals surface area contributed by atoms with Crippen molar-refractivity contribution in [3.8, 4) is 0 Å². The lowest BCUT2D eigenvalue weighted by atomic mass is 10.0. The van der Waals surface area contributed by atoms with Crippen molar-refractivity contribution in [1.29, 1.82) is 0 Å². The number of unbranched alkanes of at least 4 members (excludes halogenated alkanes) is 3. The van der Waals surface area contributed by atoms with Gasteiger partial charge >= 0.3 is 0 Å². The van der Waals surface area contributed by atoms with Crippen LogP contribution in [0.1, 0.15) is 58.4 Å². The van der Waals surface area contributed by atoms with Crippen molar-refractivity contribution in [2.75, 3.05) is 0 Å². The van der Waals surface area contributed by atoms with E-state index in [1.165, 1.54) is 0 Å². The molecule has 0 aliphatic heterocycles. The Kier molecular flexibility index (Phi) is 10.3. The zero-order valence-electron chi connectivity index (χ0n) is 16.2. The Morgan fingerprint density at radius 1 is 1.04 bits per heavy atom. The number of aldehydes is 1. The zero-order chi connectivity index (χ0) is 19.4. The molecular formula is C21H32N2O3. The summed E-state index contributed by atoms with van der Waals surface area (Å²) in [6.07, 6.45) is 5.69.